The Morgan fingerprint density at radius 2 is 1.92 bits per heavy atom. The van der Waals surface area contributed by atoms with E-state index in [0.29, 0.717) is 0 Å². The van der Waals surface area contributed by atoms with Crippen LogP contribution in [0.2, 0.25) is 0 Å². The average molecular weight is 200 g/mol. The van der Waals surface area contributed by atoms with Crippen LogP contribution in [0.15, 0.2) is 0 Å². The monoisotopic (exact) mass is 200 g/mol. The summed E-state index contributed by atoms with van der Waals surface area (Å²) in [4.78, 5) is 4.38. The van der Waals surface area contributed by atoms with Crippen molar-refractivity contribution in [2.24, 2.45) is 0 Å². The first kappa shape index (κ1) is 10.4. The van der Waals surface area contributed by atoms with Crippen molar-refractivity contribution in [3.8, 4) is 0 Å². The van der Waals surface area contributed by atoms with E-state index in [1.165, 1.54) is 11.5 Å². The summed E-state index contributed by atoms with van der Waals surface area (Å²) < 4.78 is 4.28. The number of hydrazine groups is 1. The fraction of sp³-hybridized carbons (Fsp3) is 0.750. The van der Waals surface area contributed by atoms with Crippen molar-refractivity contribution < 1.29 is 0 Å². The van der Waals surface area contributed by atoms with Crippen molar-refractivity contribution in [2.75, 3.05) is 19.5 Å². The molecule has 0 fully saturated rings. The van der Waals surface area contributed by atoms with Gasteiger partial charge in [-0.1, -0.05) is 20.8 Å². The van der Waals surface area contributed by atoms with E-state index in [9.17, 15) is 0 Å². The number of hydrogen-bond donors (Lipinski definition) is 1. The molecule has 4 nitrogen and oxygen atoms in total. The zero-order valence-corrected chi connectivity index (χ0v) is 9.57. The molecule has 1 rings (SSSR count). The SMILES string of the molecule is CN(C)Nc1nc(C(C)(C)C)ns1. The molecular weight excluding hydrogens is 184 g/mol. The summed E-state index contributed by atoms with van der Waals surface area (Å²) in [7, 11) is 3.86. The van der Waals surface area contributed by atoms with E-state index in [4.69, 9.17) is 0 Å². The summed E-state index contributed by atoms with van der Waals surface area (Å²) in [6.07, 6.45) is 0. The predicted molar refractivity (Wildman–Crippen MR) is 55.9 cm³/mol. The number of rotatable bonds is 2. The Bertz CT molecular complexity index is 274. The average Bonchev–Trinajstić information content (AvgIpc) is 2.32. The molecule has 0 aliphatic heterocycles. The molecule has 0 saturated carbocycles. The lowest BCUT2D eigenvalue weighted by Gasteiger charge is -2.13. The minimum Gasteiger partial charge on any atom is -0.294 e. The Morgan fingerprint density at radius 1 is 1.31 bits per heavy atom. The summed E-state index contributed by atoms with van der Waals surface area (Å²) in [5, 5.41) is 2.70. The van der Waals surface area contributed by atoms with Crippen LogP contribution in [-0.4, -0.2) is 28.5 Å². The predicted octanol–water partition coefficient (Wildman–Crippen LogP) is 1.72. The van der Waals surface area contributed by atoms with Crippen LogP contribution in [0.25, 0.3) is 0 Å². The Labute approximate surface area is 83.1 Å². The fourth-order valence-corrected chi connectivity index (χ4v) is 1.60. The second-order valence-corrected chi connectivity index (χ2v) is 4.93. The van der Waals surface area contributed by atoms with Crippen molar-refractivity contribution in [3.05, 3.63) is 5.82 Å². The summed E-state index contributed by atoms with van der Waals surface area (Å²) in [6.45, 7) is 6.32. The molecule has 0 aliphatic rings. The lowest BCUT2D eigenvalue weighted by Crippen LogP contribution is -2.20. The maximum absolute atomic E-state index is 4.38. The molecule has 0 atom stereocenters. The molecule has 13 heavy (non-hydrogen) atoms. The van der Waals surface area contributed by atoms with E-state index in [1.807, 2.05) is 19.1 Å². The number of hydrogen-bond acceptors (Lipinski definition) is 5. The van der Waals surface area contributed by atoms with Gasteiger partial charge in [0.05, 0.1) is 0 Å². The van der Waals surface area contributed by atoms with Gasteiger partial charge < -0.3 is 0 Å². The topological polar surface area (TPSA) is 41.0 Å². The lowest BCUT2D eigenvalue weighted by molar-refractivity contribution is 0.492. The van der Waals surface area contributed by atoms with Crippen LogP contribution in [0.1, 0.15) is 26.6 Å². The molecule has 1 N–H and O–H groups in total. The molecule has 0 radical (unpaired) electrons. The molecule has 74 valence electrons. The first-order chi connectivity index (χ1) is 5.89. The summed E-state index contributed by atoms with van der Waals surface area (Å²) >= 11 is 1.39. The van der Waals surface area contributed by atoms with Crippen LogP contribution in [-0.2, 0) is 5.41 Å². The van der Waals surface area contributed by atoms with Crippen molar-refractivity contribution in [2.45, 2.75) is 26.2 Å². The second kappa shape index (κ2) is 3.59. The number of nitrogens with one attached hydrogen (secondary N) is 1. The minimum absolute atomic E-state index is 0.0305. The minimum atomic E-state index is 0.0305. The van der Waals surface area contributed by atoms with Crippen LogP contribution < -0.4 is 5.43 Å². The van der Waals surface area contributed by atoms with E-state index in [1.54, 1.807) is 0 Å². The number of anilines is 1. The van der Waals surface area contributed by atoms with E-state index < -0.39 is 0 Å². The van der Waals surface area contributed by atoms with Gasteiger partial charge in [0.25, 0.3) is 0 Å². The van der Waals surface area contributed by atoms with Gasteiger partial charge >= 0.3 is 0 Å². The van der Waals surface area contributed by atoms with Crippen LogP contribution >= 0.6 is 11.5 Å². The molecule has 0 aromatic carbocycles. The first-order valence-corrected chi connectivity index (χ1v) is 4.95. The van der Waals surface area contributed by atoms with Crippen LogP contribution in [0.5, 0.6) is 0 Å². The third-order valence-corrected chi connectivity index (χ3v) is 2.04. The van der Waals surface area contributed by atoms with Gasteiger partial charge in [-0.25, -0.2) is 9.99 Å². The standard InChI is InChI=1S/C8H16N4S/c1-8(2,3)6-9-7(13-11-6)10-12(4)5/h1-5H3,(H,9,10,11). The van der Waals surface area contributed by atoms with Crippen LogP contribution in [0.3, 0.4) is 0 Å². The zero-order valence-electron chi connectivity index (χ0n) is 8.75. The van der Waals surface area contributed by atoms with Gasteiger partial charge in [-0.05, 0) is 0 Å². The van der Waals surface area contributed by atoms with Crippen molar-refractivity contribution in [3.63, 3.8) is 0 Å². The van der Waals surface area contributed by atoms with Crippen LogP contribution in [0, 0.1) is 0 Å². The zero-order chi connectivity index (χ0) is 10.1. The van der Waals surface area contributed by atoms with Gasteiger partial charge in [0.1, 0.15) is 5.82 Å². The summed E-state index contributed by atoms with van der Waals surface area (Å²) in [5.41, 5.74) is 3.11. The number of aromatic nitrogens is 2. The Hall–Kier alpha value is -0.680. The van der Waals surface area contributed by atoms with Gasteiger partial charge in [-0.2, -0.15) is 4.37 Å². The highest BCUT2D eigenvalue weighted by Gasteiger charge is 2.19. The van der Waals surface area contributed by atoms with Gasteiger partial charge in [0.2, 0.25) is 5.13 Å². The molecule has 0 amide bonds. The molecule has 0 aliphatic carbocycles. The highest BCUT2D eigenvalue weighted by atomic mass is 32.1. The Balaban J connectivity index is 2.75. The van der Waals surface area contributed by atoms with Crippen molar-refractivity contribution in [1.29, 1.82) is 0 Å². The van der Waals surface area contributed by atoms with E-state index in [0.717, 1.165) is 11.0 Å². The molecule has 1 aromatic rings. The van der Waals surface area contributed by atoms with Crippen molar-refractivity contribution in [1.82, 2.24) is 14.4 Å². The van der Waals surface area contributed by atoms with E-state index in [2.05, 4.69) is 35.6 Å². The smallest absolute Gasteiger partial charge is 0.217 e. The highest BCUT2D eigenvalue weighted by molar-refractivity contribution is 7.09. The second-order valence-electron chi connectivity index (χ2n) is 4.18. The molecule has 0 spiro atoms. The van der Waals surface area contributed by atoms with E-state index >= 15 is 0 Å². The van der Waals surface area contributed by atoms with Crippen molar-refractivity contribution >= 4 is 16.7 Å². The molecule has 0 bridgehead atoms. The lowest BCUT2D eigenvalue weighted by atomic mass is 9.96. The molecular formula is C8H16N4S. The Morgan fingerprint density at radius 3 is 2.31 bits per heavy atom. The first-order valence-electron chi connectivity index (χ1n) is 4.18. The maximum atomic E-state index is 4.38. The molecule has 5 heteroatoms. The maximum Gasteiger partial charge on any atom is 0.217 e. The third kappa shape index (κ3) is 2.93. The van der Waals surface area contributed by atoms with Gasteiger partial charge in [-0.15, -0.1) is 0 Å². The quantitative estimate of drug-likeness (QED) is 0.738. The fourth-order valence-electron chi connectivity index (χ4n) is 0.765. The van der Waals surface area contributed by atoms with Gasteiger partial charge in [-0.3, -0.25) is 5.43 Å². The van der Waals surface area contributed by atoms with Gasteiger partial charge in [0, 0.05) is 31.0 Å². The third-order valence-electron chi connectivity index (χ3n) is 1.42. The van der Waals surface area contributed by atoms with Crippen LogP contribution in [0.4, 0.5) is 5.13 Å². The molecule has 0 unspecified atom stereocenters. The largest absolute Gasteiger partial charge is 0.294 e. The summed E-state index contributed by atoms with van der Waals surface area (Å²) in [5.74, 6) is 0.891. The Kier molecular flexibility index (Phi) is 2.87. The molecule has 1 aromatic heterocycles. The normalized spacial score (nSPS) is 12.2. The number of nitrogens with zero attached hydrogens (tertiary/aromatic N) is 3. The van der Waals surface area contributed by atoms with E-state index in [-0.39, 0.29) is 5.41 Å². The molecule has 0 saturated heterocycles. The summed E-state index contributed by atoms with van der Waals surface area (Å²) in [6, 6.07) is 0. The van der Waals surface area contributed by atoms with Gasteiger partial charge in [0.15, 0.2) is 0 Å². The molecule has 1 heterocycles. The highest BCUT2D eigenvalue weighted by Crippen LogP contribution is 2.22.